The lowest BCUT2D eigenvalue weighted by molar-refractivity contribution is -0.139. The summed E-state index contributed by atoms with van der Waals surface area (Å²) < 4.78 is 82.7. The molecule has 0 radical (unpaired) electrons. The van der Waals surface area contributed by atoms with Crippen molar-refractivity contribution in [1.29, 1.82) is 0 Å². The first kappa shape index (κ1) is 30.6. The number of hydrogen-bond acceptors (Lipinski definition) is 6. The molecule has 0 fully saturated rings. The van der Waals surface area contributed by atoms with Crippen molar-refractivity contribution in [1.82, 2.24) is 5.32 Å². The Kier molecular flexibility index (Phi) is 10.9. The van der Waals surface area contributed by atoms with Crippen LogP contribution in [-0.4, -0.2) is 41.0 Å². The Bertz CT molecular complexity index is 1050. The molecule has 0 aliphatic rings. The standard InChI is InChI=1S/C20H16F6N2O2S3.CH5N/c1-18(17(27)32,10-30-15-8-11(9-31)2-7-14(15)19(21,22)23)28-16(29)12-3-5-13(6-4-12)33-20(24,25)26;1-2/h2-9H,10H2,1H3,(H2,27,32)(H,28,29);2H2,1H3. The summed E-state index contributed by atoms with van der Waals surface area (Å²) in [6.45, 7) is 0.789. The maximum atomic E-state index is 13.3. The van der Waals surface area contributed by atoms with E-state index in [1.807, 2.05) is 0 Å². The molecule has 0 aromatic heterocycles. The number of rotatable bonds is 8. The van der Waals surface area contributed by atoms with Crippen LogP contribution in [0.3, 0.4) is 0 Å². The third kappa shape index (κ3) is 9.28. The quantitative estimate of drug-likeness (QED) is 0.237. The first-order valence-corrected chi connectivity index (χ1v) is 11.2. The lowest BCUT2D eigenvalue weighted by Gasteiger charge is -2.30. The number of nitrogens with two attached hydrogens (primary N) is 2. The van der Waals surface area contributed by atoms with Gasteiger partial charge in [0.25, 0.3) is 5.91 Å². The highest BCUT2D eigenvalue weighted by molar-refractivity contribution is 8.00. The molecule has 1 unspecified atom stereocenters. The van der Waals surface area contributed by atoms with E-state index in [9.17, 15) is 31.1 Å². The number of amides is 1. The van der Waals surface area contributed by atoms with E-state index in [4.69, 9.17) is 34.9 Å². The van der Waals surface area contributed by atoms with Gasteiger partial charge in [0.2, 0.25) is 0 Å². The van der Waals surface area contributed by atoms with Crippen molar-refractivity contribution in [2.45, 2.75) is 29.0 Å². The smallest absolute Gasteiger partial charge is 0.446 e. The molecule has 1 amide bonds. The van der Waals surface area contributed by atoms with Crippen LogP contribution in [-0.2, 0) is 6.18 Å². The number of ether oxygens (including phenoxy) is 1. The fraction of sp³-hybridized carbons (Fsp3) is 0.286. The number of thioether (sulfide) groups is 1. The Morgan fingerprint density at radius 3 is 2.11 bits per heavy atom. The van der Waals surface area contributed by atoms with E-state index in [2.05, 4.69) is 11.1 Å². The van der Waals surface area contributed by atoms with Gasteiger partial charge in [-0.15, -0.1) is 0 Å². The second kappa shape index (κ2) is 12.5. The van der Waals surface area contributed by atoms with Crippen molar-refractivity contribution in [2.24, 2.45) is 11.5 Å². The molecule has 0 heterocycles. The summed E-state index contributed by atoms with van der Waals surface area (Å²) in [7, 11) is 1.50. The molecule has 1 atom stereocenters. The predicted molar refractivity (Wildman–Crippen MR) is 131 cm³/mol. The van der Waals surface area contributed by atoms with Crippen molar-refractivity contribution in [3.05, 3.63) is 59.2 Å². The minimum atomic E-state index is -4.71. The van der Waals surface area contributed by atoms with Crippen LogP contribution in [0.15, 0.2) is 47.4 Å². The van der Waals surface area contributed by atoms with Crippen LogP contribution in [0.4, 0.5) is 26.3 Å². The molecule has 2 aromatic rings. The number of carbonyl (C=O) groups excluding carboxylic acids is 1. The van der Waals surface area contributed by atoms with Gasteiger partial charge in [0.15, 0.2) is 0 Å². The minimum Gasteiger partial charge on any atom is -0.490 e. The largest absolute Gasteiger partial charge is 0.490 e. The molecule has 0 spiro atoms. The number of carbonyl (C=O) groups is 1. The predicted octanol–water partition coefficient (Wildman–Crippen LogP) is 5.09. The summed E-state index contributed by atoms with van der Waals surface area (Å²) >= 11 is 9.36. The maximum absolute atomic E-state index is 13.3. The van der Waals surface area contributed by atoms with Crippen LogP contribution in [0, 0.1) is 0 Å². The van der Waals surface area contributed by atoms with Crippen molar-refractivity contribution < 1.29 is 35.9 Å². The van der Waals surface area contributed by atoms with Gasteiger partial charge in [0.1, 0.15) is 22.9 Å². The molecule has 0 aliphatic heterocycles. The fourth-order valence-electron chi connectivity index (χ4n) is 2.49. The van der Waals surface area contributed by atoms with Gasteiger partial charge < -0.3 is 21.5 Å². The van der Waals surface area contributed by atoms with Crippen LogP contribution in [0.5, 0.6) is 5.75 Å². The molecule has 5 nitrogen and oxygen atoms in total. The molecule has 0 saturated carbocycles. The first-order chi connectivity index (χ1) is 16.1. The van der Waals surface area contributed by atoms with Gasteiger partial charge in [-0.25, -0.2) is 0 Å². The van der Waals surface area contributed by atoms with E-state index in [0.29, 0.717) is 5.56 Å². The van der Waals surface area contributed by atoms with Crippen LogP contribution in [0.2, 0.25) is 0 Å². The Hall–Kier alpha value is -2.42. The number of nitrogens with one attached hydrogen (secondary N) is 1. The van der Waals surface area contributed by atoms with E-state index in [-0.39, 0.29) is 27.2 Å². The highest BCUT2D eigenvalue weighted by Crippen LogP contribution is 2.38. The molecule has 192 valence electrons. The molecule has 0 aliphatic carbocycles. The van der Waals surface area contributed by atoms with Gasteiger partial charge in [-0.05, 0) is 67.7 Å². The number of alkyl halides is 6. The summed E-state index contributed by atoms with van der Waals surface area (Å²) in [5.74, 6) is -1.30. The minimum absolute atomic E-state index is 0.0114. The second-order valence-electron chi connectivity index (χ2n) is 6.88. The van der Waals surface area contributed by atoms with Crippen LogP contribution < -0.4 is 21.5 Å². The average molecular weight is 558 g/mol. The number of halogens is 6. The van der Waals surface area contributed by atoms with Crippen molar-refractivity contribution >= 4 is 52.5 Å². The Morgan fingerprint density at radius 1 is 1.09 bits per heavy atom. The van der Waals surface area contributed by atoms with Crippen LogP contribution in [0.25, 0.3) is 0 Å². The summed E-state index contributed by atoms with van der Waals surface area (Å²) in [4.78, 5) is 12.2. The van der Waals surface area contributed by atoms with E-state index >= 15 is 0 Å². The lowest BCUT2D eigenvalue weighted by atomic mass is 10.0. The number of benzene rings is 2. The third-order valence-electron chi connectivity index (χ3n) is 4.25. The topological polar surface area (TPSA) is 90.4 Å². The molecule has 0 saturated heterocycles. The van der Waals surface area contributed by atoms with E-state index < -0.39 is 41.1 Å². The molecule has 5 N–H and O–H groups in total. The molecule has 2 rings (SSSR count). The van der Waals surface area contributed by atoms with Crippen molar-refractivity contribution in [3.8, 4) is 5.75 Å². The van der Waals surface area contributed by atoms with Gasteiger partial charge in [-0.3, -0.25) is 4.79 Å². The summed E-state index contributed by atoms with van der Waals surface area (Å²) in [6.07, 6.45) is -4.71. The molecular weight excluding hydrogens is 536 g/mol. The fourth-order valence-corrected chi connectivity index (χ4v) is 3.28. The highest BCUT2D eigenvalue weighted by atomic mass is 32.2. The molecule has 2 aromatic carbocycles. The Balaban J connectivity index is 0.00000298. The van der Waals surface area contributed by atoms with Gasteiger partial charge in [0, 0.05) is 15.8 Å². The van der Waals surface area contributed by atoms with Crippen LogP contribution >= 0.6 is 36.2 Å². The molecule has 0 bridgehead atoms. The Labute approximate surface area is 212 Å². The molecule has 35 heavy (non-hydrogen) atoms. The van der Waals surface area contributed by atoms with Crippen molar-refractivity contribution in [2.75, 3.05) is 13.7 Å². The summed E-state index contributed by atoms with van der Waals surface area (Å²) in [5, 5.41) is 3.63. The van der Waals surface area contributed by atoms with Gasteiger partial charge in [0.05, 0.1) is 5.56 Å². The van der Waals surface area contributed by atoms with Gasteiger partial charge in [-0.1, -0.05) is 30.5 Å². The number of hydrogen-bond donors (Lipinski definition) is 3. The Morgan fingerprint density at radius 2 is 1.66 bits per heavy atom. The van der Waals surface area contributed by atoms with Crippen molar-refractivity contribution in [3.63, 3.8) is 0 Å². The second-order valence-corrected chi connectivity index (χ2v) is 8.70. The van der Waals surface area contributed by atoms with Gasteiger partial charge in [-0.2, -0.15) is 26.3 Å². The molecular formula is C21H21F6N3O2S3. The lowest BCUT2D eigenvalue weighted by Crippen LogP contribution is -2.58. The maximum Gasteiger partial charge on any atom is 0.446 e. The third-order valence-corrected chi connectivity index (χ3v) is 5.71. The normalized spacial score (nSPS) is 13.1. The zero-order chi connectivity index (χ0) is 27.0. The number of thiocarbonyl (C=S) groups is 2. The zero-order valence-corrected chi connectivity index (χ0v) is 20.7. The van der Waals surface area contributed by atoms with Gasteiger partial charge >= 0.3 is 11.7 Å². The monoisotopic (exact) mass is 557 g/mol. The molecule has 14 heteroatoms. The summed E-state index contributed by atoms with van der Waals surface area (Å²) in [6, 6.07) is 7.61. The van der Waals surface area contributed by atoms with E-state index in [1.54, 1.807) is 0 Å². The van der Waals surface area contributed by atoms with Crippen LogP contribution in [0.1, 0.15) is 28.4 Å². The zero-order valence-electron chi connectivity index (χ0n) is 18.3. The van der Waals surface area contributed by atoms with E-state index in [0.717, 1.165) is 36.4 Å². The van der Waals surface area contributed by atoms with E-state index in [1.165, 1.54) is 25.4 Å². The average Bonchev–Trinajstić information content (AvgIpc) is 2.77. The first-order valence-electron chi connectivity index (χ1n) is 9.50. The summed E-state index contributed by atoms with van der Waals surface area (Å²) in [5.41, 5.74) is 3.36. The SMILES string of the molecule is CC(COc1cc(C=S)ccc1C(F)(F)F)(NC(=O)c1ccc(SC(F)(F)F)cc1)C(N)=S.CN. The highest BCUT2D eigenvalue weighted by Gasteiger charge is 2.37.